The second-order valence-corrected chi connectivity index (χ2v) is 4.51. The number of imidazole rings is 1. The summed E-state index contributed by atoms with van der Waals surface area (Å²) in [6.45, 7) is 9.89. The molecule has 0 aliphatic rings. The van der Waals surface area contributed by atoms with Crippen LogP contribution in [0.25, 0.3) is 0 Å². The molecule has 0 aliphatic heterocycles. The van der Waals surface area contributed by atoms with Crippen LogP contribution in [0.2, 0.25) is 0 Å². The second kappa shape index (κ2) is 5.35. The van der Waals surface area contributed by atoms with Crippen molar-refractivity contribution >= 4 is 0 Å². The third kappa shape index (κ3) is 2.46. The van der Waals surface area contributed by atoms with Gasteiger partial charge in [-0.05, 0) is 27.7 Å². The Bertz CT molecular complexity index is 495. The van der Waals surface area contributed by atoms with Gasteiger partial charge in [-0.2, -0.15) is 0 Å². The van der Waals surface area contributed by atoms with Gasteiger partial charge in [-0.3, -0.25) is 0 Å². The molecule has 0 amide bonds. The first-order chi connectivity index (χ1) is 8.63. The lowest BCUT2D eigenvalue weighted by atomic mass is 10.1. The summed E-state index contributed by atoms with van der Waals surface area (Å²) in [5.74, 6) is 0.886. The number of aryl methyl sites for hydroxylation is 3. The second-order valence-electron chi connectivity index (χ2n) is 4.51. The Morgan fingerprint density at radius 2 is 2.22 bits per heavy atom. The van der Waals surface area contributed by atoms with Crippen molar-refractivity contribution in [1.29, 1.82) is 0 Å². The highest BCUT2D eigenvalue weighted by molar-refractivity contribution is 5.24. The zero-order valence-corrected chi connectivity index (χ0v) is 11.4. The fraction of sp³-hybridized carbons (Fsp3) is 0.538. The lowest BCUT2D eigenvalue weighted by Gasteiger charge is -2.14. The van der Waals surface area contributed by atoms with Gasteiger partial charge in [0, 0.05) is 30.9 Å². The van der Waals surface area contributed by atoms with Crippen LogP contribution in [-0.4, -0.2) is 14.7 Å². The molecule has 0 saturated heterocycles. The van der Waals surface area contributed by atoms with Crippen LogP contribution in [0.4, 0.5) is 0 Å². The summed E-state index contributed by atoms with van der Waals surface area (Å²) in [7, 11) is 0. The first-order valence-electron chi connectivity index (χ1n) is 6.28. The molecule has 2 rings (SSSR count). The predicted molar refractivity (Wildman–Crippen MR) is 69.1 cm³/mol. The molecule has 1 unspecified atom stereocenters. The van der Waals surface area contributed by atoms with E-state index in [0.717, 1.165) is 30.1 Å². The zero-order valence-electron chi connectivity index (χ0n) is 11.4. The Balaban J connectivity index is 2.03. The molecule has 18 heavy (non-hydrogen) atoms. The molecular formula is C13H20N4O. The number of nitrogens with one attached hydrogen (secondary N) is 1. The van der Waals surface area contributed by atoms with E-state index >= 15 is 0 Å². The van der Waals surface area contributed by atoms with Gasteiger partial charge >= 0.3 is 0 Å². The Labute approximate surface area is 107 Å². The minimum absolute atomic E-state index is 0.219. The fourth-order valence-electron chi connectivity index (χ4n) is 2.25. The highest BCUT2D eigenvalue weighted by atomic mass is 16.5. The van der Waals surface area contributed by atoms with Gasteiger partial charge in [-0.15, -0.1) is 0 Å². The maximum Gasteiger partial charge on any atom is 0.138 e. The molecule has 5 nitrogen and oxygen atoms in total. The molecule has 2 aromatic rings. The Morgan fingerprint density at radius 1 is 1.44 bits per heavy atom. The van der Waals surface area contributed by atoms with Crippen molar-refractivity contribution < 1.29 is 4.52 Å². The Hall–Kier alpha value is -1.62. The largest absolute Gasteiger partial charge is 0.361 e. The van der Waals surface area contributed by atoms with Crippen LogP contribution in [0.15, 0.2) is 17.0 Å². The first-order valence-corrected chi connectivity index (χ1v) is 6.28. The predicted octanol–water partition coefficient (Wildman–Crippen LogP) is 2.36. The number of rotatable bonds is 5. The molecule has 0 fully saturated rings. The van der Waals surface area contributed by atoms with Gasteiger partial charge in [0.2, 0.25) is 0 Å². The minimum atomic E-state index is 0.219. The summed E-state index contributed by atoms with van der Waals surface area (Å²) in [6.07, 6.45) is 3.76. The van der Waals surface area contributed by atoms with E-state index in [4.69, 9.17) is 4.52 Å². The summed E-state index contributed by atoms with van der Waals surface area (Å²) in [6, 6.07) is 0.219. The Morgan fingerprint density at radius 3 is 2.83 bits per heavy atom. The molecule has 98 valence electrons. The van der Waals surface area contributed by atoms with Crippen LogP contribution in [0, 0.1) is 13.8 Å². The summed E-state index contributed by atoms with van der Waals surface area (Å²) >= 11 is 0. The maximum absolute atomic E-state index is 5.19. The molecule has 5 heteroatoms. The lowest BCUT2D eigenvalue weighted by Crippen LogP contribution is -2.20. The van der Waals surface area contributed by atoms with Crippen molar-refractivity contribution in [3.63, 3.8) is 0 Å². The molecule has 1 atom stereocenters. The van der Waals surface area contributed by atoms with Crippen LogP contribution in [0.5, 0.6) is 0 Å². The van der Waals surface area contributed by atoms with Crippen LogP contribution in [0.3, 0.4) is 0 Å². The molecule has 2 aromatic heterocycles. The summed E-state index contributed by atoms with van der Waals surface area (Å²) in [4.78, 5) is 4.16. The summed E-state index contributed by atoms with van der Waals surface area (Å²) in [5, 5.41) is 7.47. The monoisotopic (exact) mass is 248 g/mol. The van der Waals surface area contributed by atoms with Gasteiger partial charge in [0.15, 0.2) is 0 Å². The molecule has 0 aromatic carbocycles. The lowest BCUT2D eigenvalue weighted by molar-refractivity contribution is 0.390. The quantitative estimate of drug-likeness (QED) is 0.882. The molecule has 0 aliphatic carbocycles. The average molecular weight is 248 g/mol. The van der Waals surface area contributed by atoms with E-state index < -0.39 is 0 Å². The molecule has 0 saturated carbocycles. The van der Waals surface area contributed by atoms with E-state index in [1.807, 2.05) is 26.4 Å². The van der Waals surface area contributed by atoms with Crippen LogP contribution >= 0.6 is 0 Å². The Kier molecular flexibility index (Phi) is 3.81. The van der Waals surface area contributed by atoms with Gasteiger partial charge in [0.25, 0.3) is 0 Å². The fourth-order valence-corrected chi connectivity index (χ4v) is 2.25. The van der Waals surface area contributed by atoms with E-state index in [-0.39, 0.29) is 6.04 Å². The first kappa shape index (κ1) is 12.8. The van der Waals surface area contributed by atoms with E-state index in [1.54, 1.807) is 0 Å². The average Bonchev–Trinajstić information content (AvgIpc) is 2.93. The van der Waals surface area contributed by atoms with Crippen molar-refractivity contribution in [2.45, 2.75) is 46.8 Å². The van der Waals surface area contributed by atoms with E-state index in [0.29, 0.717) is 0 Å². The number of aromatic nitrogens is 3. The molecule has 0 spiro atoms. The summed E-state index contributed by atoms with van der Waals surface area (Å²) in [5.41, 5.74) is 3.30. The highest BCUT2D eigenvalue weighted by Crippen LogP contribution is 2.21. The smallest absolute Gasteiger partial charge is 0.138 e. The molecular weight excluding hydrogens is 228 g/mol. The van der Waals surface area contributed by atoms with Gasteiger partial charge < -0.3 is 14.4 Å². The SMILES string of the molecule is CCn1cncc1CNC(C)c1c(C)noc1C. The van der Waals surface area contributed by atoms with E-state index in [2.05, 4.69) is 33.9 Å². The van der Waals surface area contributed by atoms with Crippen LogP contribution in [0.1, 0.15) is 42.6 Å². The van der Waals surface area contributed by atoms with Gasteiger partial charge in [0.1, 0.15) is 5.76 Å². The van der Waals surface area contributed by atoms with Crippen LogP contribution in [-0.2, 0) is 13.1 Å². The van der Waals surface area contributed by atoms with Crippen molar-refractivity contribution in [2.75, 3.05) is 0 Å². The standard InChI is InChI=1S/C13H20N4O/c1-5-17-8-14-6-12(17)7-15-9(2)13-10(3)16-18-11(13)4/h6,8-9,15H,5,7H2,1-4H3. The van der Waals surface area contributed by atoms with Crippen molar-refractivity contribution in [3.8, 4) is 0 Å². The molecule has 2 heterocycles. The topological polar surface area (TPSA) is 55.9 Å². The molecule has 1 N–H and O–H groups in total. The number of hydrogen-bond acceptors (Lipinski definition) is 4. The van der Waals surface area contributed by atoms with Crippen molar-refractivity contribution in [3.05, 3.63) is 35.2 Å². The van der Waals surface area contributed by atoms with E-state index in [1.165, 1.54) is 5.69 Å². The highest BCUT2D eigenvalue weighted by Gasteiger charge is 2.16. The normalized spacial score (nSPS) is 12.9. The van der Waals surface area contributed by atoms with Gasteiger partial charge in [0.05, 0.1) is 17.7 Å². The number of nitrogens with zero attached hydrogens (tertiary/aromatic N) is 3. The third-order valence-electron chi connectivity index (χ3n) is 3.25. The third-order valence-corrected chi connectivity index (χ3v) is 3.25. The summed E-state index contributed by atoms with van der Waals surface area (Å²) < 4.78 is 7.32. The zero-order chi connectivity index (χ0) is 13.1. The molecule has 0 bridgehead atoms. The number of hydrogen-bond donors (Lipinski definition) is 1. The van der Waals surface area contributed by atoms with Gasteiger partial charge in [-0.25, -0.2) is 4.98 Å². The van der Waals surface area contributed by atoms with Crippen molar-refractivity contribution in [2.24, 2.45) is 0 Å². The van der Waals surface area contributed by atoms with Crippen molar-refractivity contribution in [1.82, 2.24) is 20.0 Å². The van der Waals surface area contributed by atoms with Gasteiger partial charge in [-0.1, -0.05) is 5.16 Å². The molecule has 0 radical (unpaired) electrons. The van der Waals surface area contributed by atoms with E-state index in [9.17, 15) is 0 Å². The minimum Gasteiger partial charge on any atom is -0.361 e. The maximum atomic E-state index is 5.19. The van der Waals surface area contributed by atoms with Crippen LogP contribution < -0.4 is 5.32 Å².